The number of fused-ring (bicyclic) bond motifs is 4. The highest BCUT2D eigenvalue weighted by atomic mass is 16.5. The Morgan fingerprint density at radius 3 is 2.88 bits per heavy atom. The number of rotatable bonds is 0. The standard InChI is InChI=1S/C14H18O2/c1-8-6-9(2)13-10-4-3-5-11(14(10)15)16-12(13)7-8/h6-7,10-11,14-15H,3-5H2,1-2H3/t10-,11-,14-/m1/s1. The van der Waals surface area contributed by atoms with E-state index in [2.05, 4.69) is 26.0 Å². The first-order valence-electron chi connectivity index (χ1n) is 6.12. The minimum atomic E-state index is -0.303. The lowest BCUT2D eigenvalue weighted by Crippen LogP contribution is -2.43. The molecule has 0 spiro atoms. The normalized spacial score (nSPS) is 31.8. The highest BCUT2D eigenvalue weighted by molar-refractivity contribution is 5.47. The van der Waals surface area contributed by atoms with Crippen molar-refractivity contribution in [1.29, 1.82) is 0 Å². The summed E-state index contributed by atoms with van der Waals surface area (Å²) in [5.74, 6) is 1.31. The molecule has 1 fully saturated rings. The van der Waals surface area contributed by atoms with E-state index in [0.717, 1.165) is 18.6 Å². The molecule has 1 N–H and O–H groups in total. The first kappa shape index (κ1) is 10.2. The van der Waals surface area contributed by atoms with E-state index in [4.69, 9.17) is 4.74 Å². The van der Waals surface area contributed by atoms with E-state index >= 15 is 0 Å². The molecule has 0 aromatic heterocycles. The first-order valence-corrected chi connectivity index (χ1v) is 6.12. The minimum Gasteiger partial charge on any atom is -0.487 e. The molecule has 1 heterocycles. The topological polar surface area (TPSA) is 29.5 Å². The van der Waals surface area contributed by atoms with Crippen molar-refractivity contribution < 1.29 is 9.84 Å². The second kappa shape index (κ2) is 3.49. The summed E-state index contributed by atoms with van der Waals surface area (Å²) in [6.45, 7) is 4.22. The fourth-order valence-corrected chi connectivity index (χ4v) is 3.26. The molecule has 16 heavy (non-hydrogen) atoms. The monoisotopic (exact) mass is 218 g/mol. The van der Waals surface area contributed by atoms with Gasteiger partial charge >= 0.3 is 0 Å². The minimum absolute atomic E-state index is 0.0208. The third-order valence-electron chi connectivity index (χ3n) is 3.94. The first-order chi connectivity index (χ1) is 7.66. The van der Waals surface area contributed by atoms with Gasteiger partial charge in [-0.2, -0.15) is 0 Å². The van der Waals surface area contributed by atoms with Crippen LogP contribution in [0.3, 0.4) is 0 Å². The van der Waals surface area contributed by atoms with Gasteiger partial charge < -0.3 is 9.84 Å². The van der Waals surface area contributed by atoms with Gasteiger partial charge in [-0.1, -0.05) is 6.07 Å². The van der Waals surface area contributed by atoms with Crippen LogP contribution in [0.15, 0.2) is 12.1 Å². The van der Waals surface area contributed by atoms with Crippen molar-refractivity contribution in [2.24, 2.45) is 0 Å². The molecular weight excluding hydrogens is 200 g/mol. The maximum absolute atomic E-state index is 10.2. The lowest BCUT2D eigenvalue weighted by atomic mass is 9.76. The van der Waals surface area contributed by atoms with E-state index in [0.29, 0.717) is 5.92 Å². The van der Waals surface area contributed by atoms with Gasteiger partial charge in [0.1, 0.15) is 11.9 Å². The number of benzene rings is 1. The van der Waals surface area contributed by atoms with Crippen LogP contribution >= 0.6 is 0 Å². The van der Waals surface area contributed by atoms with E-state index in [-0.39, 0.29) is 12.2 Å². The van der Waals surface area contributed by atoms with Crippen molar-refractivity contribution in [2.75, 3.05) is 0 Å². The van der Waals surface area contributed by atoms with Crippen molar-refractivity contribution in [2.45, 2.75) is 51.2 Å². The van der Waals surface area contributed by atoms with E-state index in [9.17, 15) is 5.11 Å². The van der Waals surface area contributed by atoms with Crippen LogP contribution in [-0.2, 0) is 0 Å². The fourth-order valence-electron chi connectivity index (χ4n) is 3.26. The fraction of sp³-hybridized carbons (Fsp3) is 0.571. The van der Waals surface area contributed by atoms with Crippen LogP contribution in [0.25, 0.3) is 0 Å². The molecule has 86 valence electrons. The van der Waals surface area contributed by atoms with Crippen LogP contribution in [-0.4, -0.2) is 17.3 Å². The molecule has 1 aromatic carbocycles. The molecular formula is C14H18O2. The molecule has 0 saturated heterocycles. The SMILES string of the molecule is Cc1cc(C)c2c(c1)O[C@@H]1CCC[C@H]2[C@H]1O. The summed E-state index contributed by atoms with van der Waals surface area (Å²) >= 11 is 0. The van der Waals surface area contributed by atoms with Crippen molar-refractivity contribution in [3.63, 3.8) is 0 Å². The Balaban J connectivity index is 2.15. The highest BCUT2D eigenvalue weighted by Gasteiger charge is 2.40. The Morgan fingerprint density at radius 2 is 2.06 bits per heavy atom. The van der Waals surface area contributed by atoms with Gasteiger partial charge in [0.05, 0.1) is 6.10 Å². The number of ether oxygens (including phenoxy) is 1. The molecule has 2 heteroatoms. The second-order valence-corrected chi connectivity index (χ2v) is 5.18. The number of aryl methyl sites for hydroxylation is 2. The summed E-state index contributed by atoms with van der Waals surface area (Å²) in [5, 5.41) is 10.2. The van der Waals surface area contributed by atoms with E-state index < -0.39 is 0 Å². The Kier molecular flexibility index (Phi) is 2.21. The van der Waals surface area contributed by atoms with Gasteiger partial charge in [-0.15, -0.1) is 0 Å². The summed E-state index contributed by atoms with van der Waals surface area (Å²) in [7, 11) is 0. The molecule has 2 bridgehead atoms. The zero-order valence-electron chi connectivity index (χ0n) is 9.86. The number of hydrogen-bond donors (Lipinski definition) is 1. The van der Waals surface area contributed by atoms with Gasteiger partial charge in [-0.05, 0) is 50.3 Å². The van der Waals surface area contributed by atoms with Gasteiger partial charge in [-0.3, -0.25) is 0 Å². The molecule has 0 radical (unpaired) electrons. The van der Waals surface area contributed by atoms with Gasteiger partial charge in [-0.25, -0.2) is 0 Å². The van der Waals surface area contributed by atoms with E-state index in [1.807, 2.05) is 0 Å². The average Bonchev–Trinajstić information content (AvgIpc) is 2.18. The highest BCUT2D eigenvalue weighted by Crippen LogP contribution is 2.45. The van der Waals surface area contributed by atoms with Crippen molar-refractivity contribution in [3.05, 3.63) is 28.8 Å². The predicted molar refractivity (Wildman–Crippen MR) is 62.9 cm³/mol. The quantitative estimate of drug-likeness (QED) is 0.725. The smallest absolute Gasteiger partial charge is 0.125 e. The van der Waals surface area contributed by atoms with Crippen molar-refractivity contribution in [3.8, 4) is 5.75 Å². The molecule has 1 aromatic rings. The molecule has 1 saturated carbocycles. The molecule has 0 unspecified atom stereocenters. The van der Waals surface area contributed by atoms with Crippen LogP contribution in [0.1, 0.15) is 41.9 Å². The van der Waals surface area contributed by atoms with Crippen LogP contribution in [0.2, 0.25) is 0 Å². The van der Waals surface area contributed by atoms with E-state index in [1.165, 1.54) is 23.1 Å². The van der Waals surface area contributed by atoms with Crippen LogP contribution in [0, 0.1) is 13.8 Å². The molecule has 0 amide bonds. The largest absolute Gasteiger partial charge is 0.487 e. The Bertz CT molecular complexity index is 425. The summed E-state index contributed by atoms with van der Waals surface area (Å²) in [6, 6.07) is 4.30. The Hall–Kier alpha value is -1.02. The summed E-state index contributed by atoms with van der Waals surface area (Å²) in [6.07, 6.45) is 2.97. The van der Waals surface area contributed by atoms with Crippen molar-refractivity contribution in [1.82, 2.24) is 0 Å². The molecule has 3 atom stereocenters. The zero-order chi connectivity index (χ0) is 11.3. The number of aliphatic hydroxyl groups excluding tert-OH is 1. The molecule has 1 aliphatic heterocycles. The predicted octanol–water partition coefficient (Wildman–Crippen LogP) is 2.69. The van der Waals surface area contributed by atoms with Crippen LogP contribution < -0.4 is 4.74 Å². The third-order valence-corrected chi connectivity index (χ3v) is 3.94. The maximum Gasteiger partial charge on any atom is 0.125 e. The summed E-state index contributed by atoms with van der Waals surface area (Å²) < 4.78 is 5.93. The lowest BCUT2D eigenvalue weighted by molar-refractivity contribution is -0.0250. The molecule has 2 nitrogen and oxygen atoms in total. The van der Waals surface area contributed by atoms with Crippen LogP contribution in [0.5, 0.6) is 5.75 Å². The van der Waals surface area contributed by atoms with Crippen LogP contribution in [0.4, 0.5) is 0 Å². The third kappa shape index (κ3) is 1.36. The molecule has 3 rings (SSSR count). The average molecular weight is 218 g/mol. The number of aliphatic hydroxyl groups is 1. The van der Waals surface area contributed by atoms with Gasteiger partial charge in [0.2, 0.25) is 0 Å². The molecule has 1 aliphatic carbocycles. The zero-order valence-corrected chi connectivity index (χ0v) is 9.86. The van der Waals surface area contributed by atoms with E-state index in [1.54, 1.807) is 0 Å². The summed E-state index contributed by atoms with van der Waals surface area (Å²) in [4.78, 5) is 0. The second-order valence-electron chi connectivity index (χ2n) is 5.18. The summed E-state index contributed by atoms with van der Waals surface area (Å²) in [5.41, 5.74) is 3.75. The lowest BCUT2D eigenvalue weighted by Gasteiger charge is -2.41. The van der Waals surface area contributed by atoms with Crippen molar-refractivity contribution >= 4 is 0 Å². The number of hydrogen-bond acceptors (Lipinski definition) is 2. The molecule has 2 aliphatic rings. The van der Waals surface area contributed by atoms with Gasteiger partial charge in [0.15, 0.2) is 0 Å². The Labute approximate surface area is 96.2 Å². The Morgan fingerprint density at radius 1 is 1.25 bits per heavy atom. The van der Waals surface area contributed by atoms with Gasteiger partial charge in [0.25, 0.3) is 0 Å². The van der Waals surface area contributed by atoms with Gasteiger partial charge in [0, 0.05) is 11.5 Å². The maximum atomic E-state index is 10.2.